The minimum absolute atomic E-state index is 0.0916. The Morgan fingerprint density at radius 3 is 2.95 bits per heavy atom. The van der Waals surface area contributed by atoms with E-state index in [9.17, 15) is 4.79 Å². The number of thiophene rings is 1. The zero-order valence-corrected chi connectivity index (χ0v) is 12.9. The fraction of sp³-hybridized carbons (Fsp3) is 0.562. The normalized spacial score (nSPS) is 22.3. The molecule has 0 aromatic carbocycles. The van der Waals surface area contributed by atoms with Gasteiger partial charge in [-0.1, -0.05) is 11.8 Å². The van der Waals surface area contributed by atoms with Crippen LogP contribution in [0.15, 0.2) is 11.4 Å². The lowest BCUT2D eigenvalue weighted by Crippen LogP contribution is -2.37. The van der Waals surface area contributed by atoms with E-state index in [-0.39, 0.29) is 12.5 Å². The van der Waals surface area contributed by atoms with Gasteiger partial charge in [0.25, 0.3) is 5.91 Å². The first-order valence-electron chi connectivity index (χ1n) is 7.50. The molecule has 112 valence electrons. The van der Waals surface area contributed by atoms with Crippen molar-refractivity contribution in [3.63, 3.8) is 0 Å². The van der Waals surface area contributed by atoms with E-state index in [1.54, 1.807) is 0 Å². The summed E-state index contributed by atoms with van der Waals surface area (Å²) < 4.78 is 0. The summed E-state index contributed by atoms with van der Waals surface area (Å²) in [5.41, 5.74) is 0.740. The van der Waals surface area contributed by atoms with Crippen molar-refractivity contribution in [1.82, 2.24) is 9.80 Å². The molecule has 1 N–H and O–H groups in total. The van der Waals surface area contributed by atoms with Gasteiger partial charge in [-0.15, -0.1) is 11.3 Å². The van der Waals surface area contributed by atoms with Gasteiger partial charge in [0.05, 0.1) is 0 Å². The van der Waals surface area contributed by atoms with Crippen LogP contribution in [0.3, 0.4) is 0 Å². The summed E-state index contributed by atoms with van der Waals surface area (Å²) in [5, 5.41) is 10.7. The maximum atomic E-state index is 12.6. The van der Waals surface area contributed by atoms with E-state index in [4.69, 9.17) is 5.11 Å². The fourth-order valence-electron chi connectivity index (χ4n) is 3.18. The van der Waals surface area contributed by atoms with Crippen molar-refractivity contribution >= 4 is 17.2 Å². The van der Waals surface area contributed by atoms with Crippen LogP contribution in [0.25, 0.3) is 0 Å². The fourth-order valence-corrected chi connectivity index (χ4v) is 4.00. The largest absolute Gasteiger partial charge is 0.384 e. The van der Waals surface area contributed by atoms with Gasteiger partial charge in [-0.05, 0) is 43.8 Å². The van der Waals surface area contributed by atoms with Crippen molar-refractivity contribution in [2.24, 2.45) is 0 Å². The van der Waals surface area contributed by atoms with Gasteiger partial charge in [0.2, 0.25) is 0 Å². The molecule has 3 heterocycles. The zero-order chi connectivity index (χ0) is 14.7. The molecule has 2 aliphatic heterocycles. The summed E-state index contributed by atoms with van der Waals surface area (Å²) in [6.07, 6.45) is 3.65. The standard InChI is InChI=1S/C16H20N2O2S/c19-10-3-4-13-6-11-21-15(13)16(20)18-9-5-14(12-18)17-7-1-2-8-17/h6,11,14,19H,1-2,5,7-10,12H2. The summed E-state index contributed by atoms with van der Waals surface area (Å²) in [4.78, 5) is 17.8. The molecule has 0 saturated carbocycles. The summed E-state index contributed by atoms with van der Waals surface area (Å²) >= 11 is 1.44. The van der Waals surface area contributed by atoms with Crippen molar-refractivity contribution in [2.45, 2.75) is 25.3 Å². The average Bonchev–Trinajstić information content (AvgIpc) is 3.24. The maximum absolute atomic E-state index is 12.6. The zero-order valence-electron chi connectivity index (χ0n) is 12.0. The monoisotopic (exact) mass is 304 g/mol. The average molecular weight is 304 g/mol. The van der Waals surface area contributed by atoms with Crippen LogP contribution < -0.4 is 0 Å². The van der Waals surface area contributed by atoms with Gasteiger partial charge >= 0.3 is 0 Å². The van der Waals surface area contributed by atoms with Crippen molar-refractivity contribution in [1.29, 1.82) is 0 Å². The first-order chi connectivity index (χ1) is 10.3. The van der Waals surface area contributed by atoms with Crippen LogP contribution in [0.2, 0.25) is 0 Å². The molecular formula is C16H20N2O2S. The Balaban J connectivity index is 1.67. The summed E-state index contributed by atoms with van der Waals surface area (Å²) in [6, 6.07) is 2.39. The van der Waals surface area contributed by atoms with E-state index in [0.29, 0.717) is 10.9 Å². The van der Waals surface area contributed by atoms with Gasteiger partial charge in [0.15, 0.2) is 0 Å². The minimum Gasteiger partial charge on any atom is -0.384 e. The van der Waals surface area contributed by atoms with Crippen molar-refractivity contribution < 1.29 is 9.90 Å². The van der Waals surface area contributed by atoms with Gasteiger partial charge in [0, 0.05) is 24.7 Å². The number of rotatable bonds is 2. The first-order valence-corrected chi connectivity index (χ1v) is 8.38. The third-order valence-electron chi connectivity index (χ3n) is 4.27. The van der Waals surface area contributed by atoms with Crippen LogP contribution in [-0.4, -0.2) is 59.6 Å². The smallest absolute Gasteiger partial charge is 0.265 e. The minimum atomic E-state index is -0.176. The van der Waals surface area contributed by atoms with Crippen LogP contribution in [0.4, 0.5) is 0 Å². The first kappa shape index (κ1) is 14.6. The Morgan fingerprint density at radius 2 is 2.19 bits per heavy atom. The number of carbonyl (C=O) groups is 1. The molecule has 2 saturated heterocycles. The molecule has 1 atom stereocenters. The van der Waals surface area contributed by atoms with Crippen LogP contribution in [0, 0.1) is 11.8 Å². The molecule has 21 heavy (non-hydrogen) atoms. The van der Waals surface area contributed by atoms with E-state index >= 15 is 0 Å². The van der Waals surface area contributed by atoms with Crippen LogP contribution in [0.5, 0.6) is 0 Å². The van der Waals surface area contributed by atoms with E-state index in [0.717, 1.165) is 25.1 Å². The van der Waals surface area contributed by atoms with Gasteiger partial charge in [-0.2, -0.15) is 0 Å². The third kappa shape index (κ3) is 3.13. The van der Waals surface area contributed by atoms with E-state index in [2.05, 4.69) is 16.7 Å². The maximum Gasteiger partial charge on any atom is 0.265 e. The SMILES string of the molecule is O=C(c1sccc1C#CCO)N1CCC(N2CCCC2)C1. The molecule has 0 spiro atoms. The highest BCUT2D eigenvalue weighted by Gasteiger charge is 2.32. The van der Waals surface area contributed by atoms with Gasteiger partial charge in [0.1, 0.15) is 11.5 Å². The Kier molecular flexibility index (Phi) is 4.59. The Bertz CT molecular complexity index is 566. The number of carbonyl (C=O) groups excluding carboxylic acids is 1. The predicted octanol–water partition coefficient (Wildman–Crippen LogP) is 1.40. The molecule has 0 bridgehead atoms. The number of nitrogens with zero attached hydrogens (tertiary/aromatic N) is 2. The topological polar surface area (TPSA) is 43.8 Å². The lowest BCUT2D eigenvalue weighted by Gasteiger charge is -2.23. The van der Waals surface area contributed by atoms with Gasteiger partial charge < -0.3 is 10.0 Å². The van der Waals surface area contributed by atoms with Crippen LogP contribution in [0.1, 0.15) is 34.5 Å². The van der Waals surface area contributed by atoms with E-state index < -0.39 is 0 Å². The molecule has 1 unspecified atom stereocenters. The van der Waals surface area contributed by atoms with E-state index in [1.807, 2.05) is 16.3 Å². The highest BCUT2D eigenvalue weighted by Crippen LogP contribution is 2.24. The number of amides is 1. The van der Waals surface area contributed by atoms with Crippen molar-refractivity contribution in [3.8, 4) is 11.8 Å². The quantitative estimate of drug-likeness (QED) is 0.840. The lowest BCUT2D eigenvalue weighted by molar-refractivity contribution is 0.0784. The molecular weight excluding hydrogens is 284 g/mol. The second-order valence-electron chi connectivity index (χ2n) is 5.56. The van der Waals surface area contributed by atoms with Crippen LogP contribution >= 0.6 is 11.3 Å². The van der Waals surface area contributed by atoms with Gasteiger partial charge in [-0.3, -0.25) is 9.69 Å². The van der Waals surface area contributed by atoms with Crippen molar-refractivity contribution in [3.05, 3.63) is 21.9 Å². The molecule has 3 rings (SSSR count). The highest BCUT2D eigenvalue weighted by atomic mass is 32.1. The highest BCUT2D eigenvalue weighted by molar-refractivity contribution is 7.12. The molecule has 1 amide bonds. The summed E-state index contributed by atoms with van der Waals surface area (Å²) in [7, 11) is 0. The van der Waals surface area contributed by atoms with Crippen molar-refractivity contribution in [2.75, 3.05) is 32.8 Å². The molecule has 0 radical (unpaired) electrons. The number of hydrogen-bond acceptors (Lipinski definition) is 4. The molecule has 4 nitrogen and oxygen atoms in total. The molecule has 5 heteroatoms. The van der Waals surface area contributed by atoms with Gasteiger partial charge in [-0.25, -0.2) is 0 Å². The Labute approximate surface area is 129 Å². The number of aliphatic hydroxyl groups is 1. The van der Waals surface area contributed by atoms with E-state index in [1.165, 1.54) is 37.3 Å². The second kappa shape index (κ2) is 6.61. The lowest BCUT2D eigenvalue weighted by atomic mass is 10.2. The summed E-state index contributed by atoms with van der Waals surface area (Å²) in [5.74, 6) is 5.58. The number of aliphatic hydroxyl groups excluding tert-OH is 1. The molecule has 0 aliphatic carbocycles. The molecule has 2 fully saturated rings. The Morgan fingerprint density at radius 1 is 1.38 bits per heavy atom. The second-order valence-corrected chi connectivity index (χ2v) is 6.48. The number of hydrogen-bond donors (Lipinski definition) is 1. The Hall–Kier alpha value is -1.35. The summed E-state index contributed by atoms with van der Waals surface area (Å²) in [6.45, 7) is 3.86. The number of likely N-dealkylation sites (tertiary alicyclic amines) is 2. The third-order valence-corrected chi connectivity index (χ3v) is 5.17. The van der Waals surface area contributed by atoms with Crippen LogP contribution in [-0.2, 0) is 0 Å². The predicted molar refractivity (Wildman–Crippen MR) is 83.4 cm³/mol. The molecule has 1 aromatic heterocycles. The molecule has 2 aliphatic rings. The molecule has 1 aromatic rings.